The first-order chi connectivity index (χ1) is 9.47. The van der Waals surface area contributed by atoms with Crippen LogP contribution in [-0.2, 0) is 12.6 Å². The van der Waals surface area contributed by atoms with Gasteiger partial charge in [0, 0.05) is 17.5 Å². The van der Waals surface area contributed by atoms with Gasteiger partial charge in [-0.1, -0.05) is 18.2 Å². The van der Waals surface area contributed by atoms with Crippen LogP contribution in [0.3, 0.4) is 0 Å². The van der Waals surface area contributed by atoms with Gasteiger partial charge in [0.15, 0.2) is 0 Å². The third-order valence-corrected chi connectivity index (χ3v) is 3.28. The first kappa shape index (κ1) is 13.0. The van der Waals surface area contributed by atoms with Gasteiger partial charge in [0.2, 0.25) is 0 Å². The first-order valence-corrected chi connectivity index (χ1v) is 6.08. The molecule has 0 bridgehead atoms. The Morgan fingerprint density at radius 2 is 1.75 bits per heavy atom. The van der Waals surface area contributed by atoms with E-state index in [0.29, 0.717) is 24.3 Å². The van der Waals surface area contributed by atoms with E-state index in [-0.39, 0.29) is 11.1 Å². The van der Waals surface area contributed by atoms with Crippen molar-refractivity contribution >= 4 is 0 Å². The molecule has 3 rings (SSSR count). The molecular weight excluding hydrogens is 272 g/mol. The van der Waals surface area contributed by atoms with Crippen molar-refractivity contribution in [2.45, 2.75) is 12.6 Å². The molecule has 5 heteroatoms. The van der Waals surface area contributed by atoms with E-state index in [1.54, 1.807) is 6.07 Å². The minimum atomic E-state index is -4.46. The molecule has 0 aromatic heterocycles. The van der Waals surface area contributed by atoms with Crippen LogP contribution in [0.2, 0.25) is 0 Å². The molecule has 0 fully saturated rings. The van der Waals surface area contributed by atoms with Gasteiger partial charge in [-0.25, -0.2) is 4.39 Å². The van der Waals surface area contributed by atoms with Crippen LogP contribution in [0, 0.1) is 5.82 Å². The fourth-order valence-corrected chi connectivity index (χ4v) is 2.35. The maximum absolute atomic E-state index is 13.8. The molecule has 0 unspecified atom stereocenters. The summed E-state index contributed by atoms with van der Waals surface area (Å²) in [6, 6.07) is 7.77. The summed E-state index contributed by atoms with van der Waals surface area (Å²) in [7, 11) is 0. The Bertz CT molecular complexity index is 661. The molecule has 1 aliphatic rings. The average Bonchev–Trinajstić information content (AvgIpc) is 2.85. The predicted octanol–water partition coefficient (Wildman–Crippen LogP) is 4.45. The fourth-order valence-electron chi connectivity index (χ4n) is 2.35. The van der Waals surface area contributed by atoms with Gasteiger partial charge in [0.05, 0.1) is 12.2 Å². The highest BCUT2D eigenvalue weighted by Gasteiger charge is 2.33. The molecule has 0 aliphatic carbocycles. The Morgan fingerprint density at radius 1 is 1.00 bits per heavy atom. The highest BCUT2D eigenvalue weighted by atomic mass is 19.4. The quantitative estimate of drug-likeness (QED) is 0.702. The van der Waals surface area contributed by atoms with E-state index >= 15 is 0 Å². The van der Waals surface area contributed by atoms with Crippen LogP contribution in [0.5, 0.6) is 5.75 Å². The smallest absolute Gasteiger partial charge is 0.416 e. The number of rotatable bonds is 1. The van der Waals surface area contributed by atoms with E-state index in [4.69, 9.17) is 4.74 Å². The monoisotopic (exact) mass is 282 g/mol. The third kappa shape index (κ3) is 2.13. The SMILES string of the molecule is Fc1ccccc1-c1cc(C(F)(F)F)cc2c1OCC2. The fraction of sp³-hybridized carbons (Fsp3) is 0.200. The topological polar surface area (TPSA) is 9.23 Å². The first-order valence-electron chi connectivity index (χ1n) is 6.08. The predicted molar refractivity (Wildman–Crippen MR) is 66.0 cm³/mol. The Hall–Kier alpha value is -2.04. The van der Waals surface area contributed by atoms with Crippen molar-refractivity contribution < 1.29 is 22.3 Å². The summed E-state index contributed by atoms with van der Waals surface area (Å²) in [6.07, 6.45) is -4.06. The van der Waals surface area contributed by atoms with E-state index in [1.165, 1.54) is 18.2 Å². The lowest BCUT2D eigenvalue weighted by Crippen LogP contribution is -2.06. The van der Waals surface area contributed by atoms with Gasteiger partial charge in [-0.05, 0) is 23.8 Å². The van der Waals surface area contributed by atoms with Gasteiger partial charge < -0.3 is 4.74 Å². The number of ether oxygens (including phenoxy) is 1. The molecule has 0 atom stereocenters. The molecular formula is C15H10F4O. The van der Waals surface area contributed by atoms with Crippen LogP contribution in [0.1, 0.15) is 11.1 Å². The van der Waals surface area contributed by atoms with Crippen LogP contribution in [-0.4, -0.2) is 6.61 Å². The number of fused-ring (bicyclic) bond motifs is 1. The second kappa shape index (κ2) is 4.51. The lowest BCUT2D eigenvalue weighted by atomic mass is 9.97. The number of hydrogen-bond donors (Lipinski definition) is 0. The average molecular weight is 282 g/mol. The summed E-state index contributed by atoms with van der Waals surface area (Å²) in [6.45, 7) is 0.318. The van der Waals surface area contributed by atoms with E-state index < -0.39 is 17.6 Å². The maximum atomic E-state index is 13.8. The van der Waals surface area contributed by atoms with Crippen molar-refractivity contribution in [1.82, 2.24) is 0 Å². The lowest BCUT2D eigenvalue weighted by molar-refractivity contribution is -0.137. The van der Waals surface area contributed by atoms with E-state index in [0.717, 1.165) is 12.1 Å². The summed E-state index contributed by atoms with van der Waals surface area (Å²) >= 11 is 0. The van der Waals surface area contributed by atoms with Crippen molar-refractivity contribution in [1.29, 1.82) is 0 Å². The molecule has 20 heavy (non-hydrogen) atoms. The molecule has 0 saturated carbocycles. The molecule has 2 aromatic rings. The standard InChI is InChI=1S/C15H10F4O/c16-13-4-2-1-3-11(13)12-8-10(15(17,18)19)7-9-5-6-20-14(9)12/h1-4,7-8H,5-6H2. The molecule has 1 heterocycles. The molecule has 1 nitrogen and oxygen atoms in total. The Balaban J connectivity index is 2.25. The zero-order chi connectivity index (χ0) is 14.3. The van der Waals surface area contributed by atoms with Crippen LogP contribution < -0.4 is 4.74 Å². The minimum absolute atomic E-state index is 0.122. The zero-order valence-corrected chi connectivity index (χ0v) is 10.3. The molecule has 0 N–H and O–H groups in total. The molecule has 104 valence electrons. The largest absolute Gasteiger partial charge is 0.492 e. The second-order valence-corrected chi connectivity index (χ2v) is 4.59. The molecule has 0 amide bonds. The Labute approximate surface area is 112 Å². The van der Waals surface area contributed by atoms with Gasteiger partial charge >= 0.3 is 6.18 Å². The summed E-state index contributed by atoms with van der Waals surface area (Å²) < 4.78 is 58.0. The normalized spacial score (nSPS) is 14.0. The zero-order valence-electron chi connectivity index (χ0n) is 10.3. The van der Waals surface area contributed by atoms with Crippen LogP contribution in [0.25, 0.3) is 11.1 Å². The van der Waals surface area contributed by atoms with Crippen molar-refractivity contribution in [3.8, 4) is 16.9 Å². The highest BCUT2D eigenvalue weighted by molar-refractivity contribution is 5.74. The van der Waals surface area contributed by atoms with E-state index in [2.05, 4.69) is 0 Å². The van der Waals surface area contributed by atoms with Crippen molar-refractivity contribution in [2.24, 2.45) is 0 Å². The van der Waals surface area contributed by atoms with Gasteiger partial charge in [-0.15, -0.1) is 0 Å². The van der Waals surface area contributed by atoms with Crippen LogP contribution in [0.15, 0.2) is 36.4 Å². The van der Waals surface area contributed by atoms with Crippen molar-refractivity contribution in [3.63, 3.8) is 0 Å². The van der Waals surface area contributed by atoms with Crippen LogP contribution in [0.4, 0.5) is 17.6 Å². The van der Waals surface area contributed by atoms with Gasteiger partial charge in [-0.2, -0.15) is 13.2 Å². The maximum Gasteiger partial charge on any atom is 0.416 e. The van der Waals surface area contributed by atoms with Crippen molar-refractivity contribution in [2.75, 3.05) is 6.61 Å². The number of alkyl halides is 3. The summed E-state index contributed by atoms with van der Waals surface area (Å²) in [4.78, 5) is 0. The number of halogens is 4. The van der Waals surface area contributed by atoms with E-state index in [1.807, 2.05) is 0 Å². The number of benzene rings is 2. The third-order valence-electron chi connectivity index (χ3n) is 3.28. The molecule has 1 aliphatic heterocycles. The molecule has 0 spiro atoms. The second-order valence-electron chi connectivity index (χ2n) is 4.59. The number of hydrogen-bond acceptors (Lipinski definition) is 1. The summed E-state index contributed by atoms with van der Waals surface area (Å²) in [5.74, 6) is -0.215. The van der Waals surface area contributed by atoms with Crippen LogP contribution >= 0.6 is 0 Å². The molecule has 0 saturated heterocycles. The van der Waals surface area contributed by atoms with Crippen molar-refractivity contribution in [3.05, 3.63) is 53.3 Å². The van der Waals surface area contributed by atoms with E-state index in [9.17, 15) is 17.6 Å². The highest BCUT2D eigenvalue weighted by Crippen LogP contribution is 2.42. The lowest BCUT2D eigenvalue weighted by Gasteiger charge is -2.13. The van der Waals surface area contributed by atoms with Gasteiger partial charge in [0.1, 0.15) is 11.6 Å². The summed E-state index contributed by atoms with van der Waals surface area (Å²) in [5.41, 5.74) is -0.0275. The molecule has 0 radical (unpaired) electrons. The van der Waals surface area contributed by atoms with Gasteiger partial charge in [0.25, 0.3) is 0 Å². The molecule has 2 aromatic carbocycles. The Morgan fingerprint density at radius 3 is 2.45 bits per heavy atom. The minimum Gasteiger partial charge on any atom is -0.492 e. The summed E-state index contributed by atoms with van der Waals surface area (Å²) in [5, 5.41) is 0. The van der Waals surface area contributed by atoms with Gasteiger partial charge in [-0.3, -0.25) is 0 Å². The Kier molecular flexibility index (Phi) is 2.92.